The predicted octanol–water partition coefficient (Wildman–Crippen LogP) is 1.38. The first-order valence-electron chi connectivity index (χ1n) is 7.33. The highest BCUT2D eigenvalue weighted by molar-refractivity contribution is 9.10. The minimum atomic E-state index is -0.350. The minimum Gasteiger partial charge on any atom is -0.348 e. The second-order valence-electron chi connectivity index (χ2n) is 5.57. The molecule has 0 aliphatic rings. The van der Waals surface area contributed by atoms with E-state index in [2.05, 4.69) is 41.4 Å². The quantitative estimate of drug-likeness (QED) is 0.725. The van der Waals surface area contributed by atoms with Gasteiger partial charge in [-0.3, -0.25) is 9.48 Å². The summed E-state index contributed by atoms with van der Waals surface area (Å²) in [5, 5.41) is 11.0. The first-order chi connectivity index (χ1) is 10.9. The summed E-state index contributed by atoms with van der Waals surface area (Å²) in [6.45, 7) is 5.69. The number of halogens is 1. The van der Waals surface area contributed by atoms with E-state index in [1.807, 2.05) is 27.9 Å². The van der Waals surface area contributed by atoms with Gasteiger partial charge in [0.05, 0.1) is 15.9 Å². The van der Waals surface area contributed by atoms with Crippen molar-refractivity contribution in [3.8, 4) is 0 Å². The fraction of sp³-hybridized carbons (Fsp3) is 0.571. The van der Waals surface area contributed by atoms with Crippen LogP contribution in [0.5, 0.6) is 0 Å². The van der Waals surface area contributed by atoms with E-state index in [1.165, 1.54) is 0 Å². The Morgan fingerprint density at radius 2 is 2.13 bits per heavy atom. The first-order valence-corrected chi connectivity index (χ1v) is 8.12. The van der Waals surface area contributed by atoms with Crippen LogP contribution in [0, 0.1) is 13.8 Å². The van der Waals surface area contributed by atoms with Gasteiger partial charge in [0, 0.05) is 6.54 Å². The average molecular weight is 385 g/mol. The summed E-state index contributed by atoms with van der Waals surface area (Å²) in [6, 6.07) is 0. The Morgan fingerprint density at radius 3 is 2.74 bits per heavy atom. The third-order valence-electron chi connectivity index (χ3n) is 3.31. The van der Waals surface area contributed by atoms with Crippen LogP contribution in [-0.2, 0) is 6.54 Å². The van der Waals surface area contributed by atoms with Gasteiger partial charge in [0.2, 0.25) is 0 Å². The molecule has 0 aliphatic carbocycles. The van der Waals surface area contributed by atoms with Crippen LogP contribution in [0.1, 0.15) is 34.3 Å². The van der Waals surface area contributed by atoms with Crippen molar-refractivity contribution in [1.82, 2.24) is 30.1 Å². The Morgan fingerprint density at radius 1 is 1.39 bits per heavy atom. The van der Waals surface area contributed by atoms with Crippen LogP contribution in [0.4, 0.5) is 0 Å². The van der Waals surface area contributed by atoms with Crippen molar-refractivity contribution < 1.29 is 9.32 Å². The number of rotatable bonds is 7. The minimum absolute atomic E-state index is 0.0227. The lowest BCUT2D eigenvalue weighted by atomic mass is 10.4. The Bertz CT molecular complexity index is 679. The number of hydrogen-bond donors (Lipinski definition) is 1. The molecule has 0 saturated carbocycles. The Labute approximate surface area is 143 Å². The zero-order valence-electron chi connectivity index (χ0n) is 13.8. The fourth-order valence-electron chi connectivity index (χ4n) is 2.05. The Kier molecular flexibility index (Phi) is 5.89. The SMILES string of the molecule is Cc1nn(Cc2noc(C(=O)NCCCN(C)C)n2)c(C)c1Br. The lowest BCUT2D eigenvalue weighted by Gasteiger charge is -2.08. The molecule has 0 radical (unpaired) electrons. The Balaban J connectivity index is 1.92. The Hall–Kier alpha value is -1.74. The molecular formula is C14H21BrN6O2. The molecule has 126 valence electrons. The zero-order valence-corrected chi connectivity index (χ0v) is 15.3. The molecule has 2 aromatic heterocycles. The summed E-state index contributed by atoms with van der Waals surface area (Å²) in [5.74, 6) is 0.0454. The van der Waals surface area contributed by atoms with Gasteiger partial charge in [0.15, 0.2) is 5.82 Å². The van der Waals surface area contributed by atoms with Gasteiger partial charge in [-0.2, -0.15) is 10.1 Å². The molecule has 2 aromatic rings. The van der Waals surface area contributed by atoms with Crippen molar-refractivity contribution >= 4 is 21.8 Å². The molecule has 0 bridgehead atoms. The summed E-state index contributed by atoms with van der Waals surface area (Å²) < 4.78 is 7.74. The van der Waals surface area contributed by atoms with E-state index in [0.717, 1.165) is 28.8 Å². The maximum Gasteiger partial charge on any atom is 0.316 e. The molecule has 0 fully saturated rings. The molecule has 0 atom stereocenters. The van der Waals surface area contributed by atoms with Gasteiger partial charge in [-0.15, -0.1) is 0 Å². The lowest BCUT2D eigenvalue weighted by molar-refractivity contribution is 0.0908. The summed E-state index contributed by atoms with van der Waals surface area (Å²) in [4.78, 5) is 18.1. The number of nitrogens with zero attached hydrogens (tertiary/aromatic N) is 5. The number of carbonyl (C=O) groups is 1. The van der Waals surface area contributed by atoms with Crippen molar-refractivity contribution in [2.45, 2.75) is 26.8 Å². The maximum atomic E-state index is 11.9. The second-order valence-corrected chi connectivity index (χ2v) is 6.36. The van der Waals surface area contributed by atoms with E-state index in [9.17, 15) is 4.79 Å². The lowest BCUT2D eigenvalue weighted by Crippen LogP contribution is -2.27. The molecule has 1 N–H and O–H groups in total. The largest absolute Gasteiger partial charge is 0.348 e. The number of aryl methyl sites for hydroxylation is 1. The monoisotopic (exact) mass is 384 g/mol. The van der Waals surface area contributed by atoms with Gasteiger partial charge >= 0.3 is 11.8 Å². The summed E-state index contributed by atoms with van der Waals surface area (Å²) >= 11 is 3.47. The average Bonchev–Trinajstić information content (AvgIpc) is 3.05. The molecule has 23 heavy (non-hydrogen) atoms. The smallest absolute Gasteiger partial charge is 0.316 e. The van der Waals surface area contributed by atoms with E-state index >= 15 is 0 Å². The van der Waals surface area contributed by atoms with Gasteiger partial charge in [-0.25, -0.2) is 0 Å². The van der Waals surface area contributed by atoms with E-state index in [4.69, 9.17) is 4.52 Å². The second kappa shape index (κ2) is 7.69. The normalized spacial score (nSPS) is 11.2. The van der Waals surface area contributed by atoms with Crippen molar-refractivity contribution in [2.75, 3.05) is 27.2 Å². The van der Waals surface area contributed by atoms with Crippen LogP contribution in [0.25, 0.3) is 0 Å². The van der Waals surface area contributed by atoms with Crippen LogP contribution in [0.2, 0.25) is 0 Å². The summed E-state index contributed by atoms with van der Waals surface area (Å²) in [6.07, 6.45) is 0.861. The molecule has 0 spiro atoms. The predicted molar refractivity (Wildman–Crippen MR) is 88.3 cm³/mol. The summed E-state index contributed by atoms with van der Waals surface area (Å²) in [5.41, 5.74) is 1.87. The highest BCUT2D eigenvalue weighted by atomic mass is 79.9. The van der Waals surface area contributed by atoms with E-state index in [-0.39, 0.29) is 11.8 Å². The van der Waals surface area contributed by atoms with Crippen LogP contribution in [-0.4, -0.2) is 57.9 Å². The van der Waals surface area contributed by atoms with Gasteiger partial charge < -0.3 is 14.7 Å². The molecule has 8 nitrogen and oxygen atoms in total. The summed E-state index contributed by atoms with van der Waals surface area (Å²) in [7, 11) is 3.98. The number of amides is 1. The van der Waals surface area contributed by atoms with E-state index < -0.39 is 0 Å². The highest BCUT2D eigenvalue weighted by Crippen LogP contribution is 2.20. The van der Waals surface area contributed by atoms with Crippen molar-refractivity contribution in [1.29, 1.82) is 0 Å². The van der Waals surface area contributed by atoms with Crippen molar-refractivity contribution in [3.05, 3.63) is 27.6 Å². The molecule has 0 unspecified atom stereocenters. The maximum absolute atomic E-state index is 11.9. The van der Waals surface area contributed by atoms with Gasteiger partial charge in [0.25, 0.3) is 0 Å². The fourth-order valence-corrected chi connectivity index (χ4v) is 2.33. The topological polar surface area (TPSA) is 89.1 Å². The number of aromatic nitrogens is 4. The molecule has 1 amide bonds. The van der Waals surface area contributed by atoms with Crippen LogP contribution < -0.4 is 5.32 Å². The van der Waals surface area contributed by atoms with Gasteiger partial charge in [-0.05, 0) is 56.8 Å². The van der Waals surface area contributed by atoms with Crippen LogP contribution in [0.3, 0.4) is 0 Å². The number of nitrogens with one attached hydrogen (secondary N) is 1. The van der Waals surface area contributed by atoms with Crippen LogP contribution >= 0.6 is 15.9 Å². The molecule has 0 aromatic carbocycles. The third-order valence-corrected chi connectivity index (χ3v) is 4.46. The number of hydrogen-bond acceptors (Lipinski definition) is 6. The van der Waals surface area contributed by atoms with Crippen molar-refractivity contribution in [2.24, 2.45) is 0 Å². The molecule has 0 saturated heterocycles. The zero-order chi connectivity index (χ0) is 17.0. The standard InChI is InChI=1S/C14H21BrN6O2/c1-9-12(15)10(2)21(18-9)8-11-17-14(23-19-11)13(22)16-6-5-7-20(3)4/h5-8H2,1-4H3,(H,16,22). The van der Waals surface area contributed by atoms with Gasteiger partial charge in [0.1, 0.15) is 6.54 Å². The van der Waals surface area contributed by atoms with Crippen molar-refractivity contribution in [3.63, 3.8) is 0 Å². The third kappa shape index (κ3) is 4.61. The molecule has 2 heterocycles. The van der Waals surface area contributed by atoms with Crippen LogP contribution in [0.15, 0.2) is 9.00 Å². The molecular weight excluding hydrogens is 364 g/mol. The molecule has 0 aliphatic heterocycles. The molecule has 9 heteroatoms. The van der Waals surface area contributed by atoms with E-state index in [0.29, 0.717) is 18.9 Å². The highest BCUT2D eigenvalue weighted by Gasteiger charge is 2.16. The van der Waals surface area contributed by atoms with Gasteiger partial charge in [-0.1, -0.05) is 5.16 Å². The molecule has 2 rings (SSSR count). The number of carbonyl (C=O) groups excluding carboxylic acids is 1. The first kappa shape index (κ1) is 17.6. The van der Waals surface area contributed by atoms with E-state index in [1.54, 1.807) is 4.68 Å².